The summed E-state index contributed by atoms with van der Waals surface area (Å²) < 4.78 is 6.91. The van der Waals surface area contributed by atoms with Crippen molar-refractivity contribution in [1.82, 2.24) is 9.66 Å². The minimum Gasteiger partial charge on any atom is -0.482 e. The second-order valence-corrected chi connectivity index (χ2v) is 8.64. The first-order chi connectivity index (χ1) is 16.3. The van der Waals surface area contributed by atoms with Crippen molar-refractivity contribution in [3.05, 3.63) is 102 Å². The summed E-state index contributed by atoms with van der Waals surface area (Å²) in [6, 6.07) is 17.1. The molecule has 4 rings (SSSR count). The number of anilines is 1. The molecule has 172 valence electrons. The molecule has 0 atom stereocenters. The Kier molecular flexibility index (Phi) is 6.95. The van der Waals surface area contributed by atoms with Crippen molar-refractivity contribution < 1.29 is 9.53 Å². The molecule has 4 aromatic rings. The molecule has 3 aromatic carbocycles. The standard InChI is InChI=1S/C24H18BrClN4O4/c1-14-6-8-17(9-7-14)28-21(31)13-34-22-15(10-16(26)11-19(22)25)12-27-30-23(32)18-4-2-3-5-20(18)29-24(30)33/h2-12H,13H2,1H3,(H,28,31)(H,29,33). The number of hydrogen-bond donors (Lipinski definition) is 2. The van der Waals surface area contributed by atoms with Crippen LogP contribution in [0, 0.1) is 6.92 Å². The number of carbonyl (C=O) groups is 1. The highest BCUT2D eigenvalue weighted by atomic mass is 79.9. The summed E-state index contributed by atoms with van der Waals surface area (Å²) in [6.45, 7) is 1.67. The fourth-order valence-electron chi connectivity index (χ4n) is 3.18. The number of benzene rings is 3. The number of carbonyl (C=O) groups excluding carboxylic acids is 1. The number of para-hydroxylation sites is 1. The molecule has 0 spiro atoms. The van der Waals surface area contributed by atoms with E-state index in [0.717, 1.165) is 5.56 Å². The molecule has 34 heavy (non-hydrogen) atoms. The van der Waals surface area contributed by atoms with Gasteiger partial charge in [0.25, 0.3) is 11.5 Å². The molecule has 2 N–H and O–H groups in total. The molecule has 1 amide bonds. The Balaban J connectivity index is 1.60. The Bertz CT molecular complexity index is 1530. The molecule has 10 heteroatoms. The molecule has 0 aliphatic rings. The maximum atomic E-state index is 12.7. The first kappa shape index (κ1) is 23.5. The normalized spacial score (nSPS) is 11.1. The van der Waals surface area contributed by atoms with Crippen molar-refractivity contribution in [2.24, 2.45) is 5.10 Å². The van der Waals surface area contributed by atoms with Gasteiger partial charge in [0.15, 0.2) is 6.61 Å². The topological polar surface area (TPSA) is 106 Å². The number of rotatable bonds is 6. The van der Waals surface area contributed by atoms with Crippen LogP contribution in [-0.2, 0) is 4.79 Å². The molecule has 0 aliphatic carbocycles. The minimum atomic E-state index is -0.694. The molecule has 0 saturated heterocycles. The van der Waals surface area contributed by atoms with E-state index in [1.54, 1.807) is 48.5 Å². The van der Waals surface area contributed by atoms with Crippen LogP contribution in [0.15, 0.2) is 79.8 Å². The third-order valence-corrected chi connectivity index (χ3v) is 5.62. The van der Waals surface area contributed by atoms with E-state index in [0.29, 0.717) is 36.3 Å². The van der Waals surface area contributed by atoms with E-state index in [2.05, 4.69) is 31.3 Å². The quantitative estimate of drug-likeness (QED) is 0.355. The SMILES string of the molecule is Cc1ccc(NC(=O)COc2c(Br)cc(Cl)cc2C=Nn2c(=O)[nH]c3ccccc3c2=O)cc1. The van der Waals surface area contributed by atoms with Crippen molar-refractivity contribution in [2.45, 2.75) is 6.92 Å². The van der Waals surface area contributed by atoms with Crippen LogP contribution >= 0.6 is 27.5 Å². The van der Waals surface area contributed by atoms with E-state index in [1.807, 2.05) is 19.1 Å². The fraction of sp³-hybridized carbons (Fsp3) is 0.0833. The van der Waals surface area contributed by atoms with Gasteiger partial charge in [-0.1, -0.05) is 41.4 Å². The molecular weight excluding hydrogens is 524 g/mol. The second kappa shape index (κ2) is 10.1. The molecule has 0 radical (unpaired) electrons. The van der Waals surface area contributed by atoms with Crippen LogP contribution in [0.2, 0.25) is 5.02 Å². The lowest BCUT2D eigenvalue weighted by Gasteiger charge is -2.12. The van der Waals surface area contributed by atoms with Crippen molar-refractivity contribution in [3.8, 4) is 5.75 Å². The smallest absolute Gasteiger partial charge is 0.349 e. The van der Waals surface area contributed by atoms with Gasteiger partial charge < -0.3 is 15.0 Å². The minimum absolute atomic E-state index is 0.275. The summed E-state index contributed by atoms with van der Waals surface area (Å²) in [6.07, 6.45) is 1.27. The maximum Gasteiger partial charge on any atom is 0.349 e. The highest BCUT2D eigenvalue weighted by Crippen LogP contribution is 2.32. The lowest BCUT2D eigenvalue weighted by Crippen LogP contribution is -2.32. The molecule has 0 bridgehead atoms. The van der Waals surface area contributed by atoms with Crippen LogP contribution < -0.4 is 21.3 Å². The van der Waals surface area contributed by atoms with Gasteiger partial charge in [-0.15, -0.1) is 4.68 Å². The predicted octanol–water partition coefficient (Wildman–Crippen LogP) is 4.31. The summed E-state index contributed by atoms with van der Waals surface area (Å²) in [5.41, 5.74) is 1.23. The van der Waals surface area contributed by atoms with E-state index in [4.69, 9.17) is 16.3 Å². The number of ether oxygens (including phenoxy) is 1. The van der Waals surface area contributed by atoms with E-state index >= 15 is 0 Å². The molecule has 0 fully saturated rings. The average molecular weight is 542 g/mol. The molecule has 0 unspecified atom stereocenters. The van der Waals surface area contributed by atoms with Gasteiger partial charge in [-0.2, -0.15) is 5.10 Å². The summed E-state index contributed by atoms with van der Waals surface area (Å²) in [4.78, 5) is 40.1. The number of aryl methyl sites for hydroxylation is 1. The van der Waals surface area contributed by atoms with E-state index in [-0.39, 0.29) is 18.3 Å². The summed E-state index contributed by atoms with van der Waals surface area (Å²) >= 11 is 9.54. The third kappa shape index (κ3) is 5.27. The number of hydrogen-bond acceptors (Lipinski definition) is 5. The van der Waals surface area contributed by atoms with Crippen molar-refractivity contribution in [3.63, 3.8) is 0 Å². The lowest BCUT2D eigenvalue weighted by molar-refractivity contribution is -0.118. The molecule has 0 aliphatic heterocycles. The molecule has 1 aromatic heterocycles. The van der Waals surface area contributed by atoms with Gasteiger partial charge in [-0.05, 0) is 59.3 Å². The first-order valence-corrected chi connectivity index (χ1v) is 11.3. The first-order valence-electron chi connectivity index (χ1n) is 10.1. The van der Waals surface area contributed by atoms with E-state index < -0.39 is 11.2 Å². The fourth-order valence-corrected chi connectivity index (χ4v) is 4.13. The summed E-state index contributed by atoms with van der Waals surface area (Å²) in [5, 5.41) is 7.48. The molecule has 8 nitrogen and oxygen atoms in total. The van der Waals surface area contributed by atoms with Gasteiger partial charge in [0.2, 0.25) is 0 Å². The van der Waals surface area contributed by atoms with Crippen LogP contribution in [0.1, 0.15) is 11.1 Å². The largest absolute Gasteiger partial charge is 0.482 e. The average Bonchev–Trinajstić information content (AvgIpc) is 2.79. The number of nitrogens with zero attached hydrogens (tertiary/aromatic N) is 2. The zero-order chi connectivity index (χ0) is 24.2. The highest BCUT2D eigenvalue weighted by molar-refractivity contribution is 9.10. The number of H-pyrrole nitrogens is 1. The van der Waals surface area contributed by atoms with Crippen LogP contribution in [0.25, 0.3) is 10.9 Å². The van der Waals surface area contributed by atoms with E-state index in [9.17, 15) is 14.4 Å². The van der Waals surface area contributed by atoms with Crippen molar-refractivity contribution in [2.75, 3.05) is 11.9 Å². The van der Waals surface area contributed by atoms with Gasteiger partial charge in [0.1, 0.15) is 5.75 Å². The number of aromatic amines is 1. The Labute approximate surface area is 207 Å². The van der Waals surface area contributed by atoms with Crippen molar-refractivity contribution in [1.29, 1.82) is 0 Å². The number of halogens is 2. The molecule has 1 heterocycles. The van der Waals surface area contributed by atoms with E-state index in [1.165, 1.54) is 6.21 Å². The Morgan fingerprint density at radius 1 is 1.18 bits per heavy atom. The number of aromatic nitrogens is 2. The zero-order valence-corrected chi connectivity index (χ0v) is 20.2. The number of amides is 1. The Hall–Kier alpha value is -3.69. The molecule has 0 saturated carbocycles. The zero-order valence-electron chi connectivity index (χ0n) is 17.8. The molecular formula is C24H18BrClN4O4. The van der Waals surface area contributed by atoms with Crippen LogP contribution in [0.3, 0.4) is 0 Å². The van der Waals surface area contributed by atoms with Crippen molar-refractivity contribution >= 4 is 56.2 Å². The number of nitrogens with one attached hydrogen (secondary N) is 2. The maximum absolute atomic E-state index is 12.7. The monoisotopic (exact) mass is 540 g/mol. The summed E-state index contributed by atoms with van der Waals surface area (Å²) in [5.74, 6) is -0.0896. The van der Waals surface area contributed by atoms with Crippen LogP contribution in [0.5, 0.6) is 5.75 Å². The Morgan fingerprint density at radius 2 is 1.91 bits per heavy atom. The van der Waals surface area contributed by atoms with Gasteiger partial charge in [-0.3, -0.25) is 9.59 Å². The van der Waals surface area contributed by atoms with Gasteiger partial charge in [0.05, 0.1) is 21.6 Å². The second-order valence-electron chi connectivity index (χ2n) is 7.35. The van der Waals surface area contributed by atoms with Gasteiger partial charge in [0, 0.05) is 16.3 Å². The number of fused-ring (bicyclic) bond motifs is 1. The Morgan fingerprint density at radius 3 is 2.68 bits per heavy atom. The summed E-state index contributed by atoms with van der Waals surface area (Å²) in [7, 11) is 0. The predicted molar refractivity (Wildman–Crippen MR) is 136 cm³/mol. The van der Waals surface area contributed by atoms with Crippen LogP contribution in [-0.4, -0.2) is 28.4 Å². The van der Waals surface area contributed by atoms with Gasteiger partial charge in [-0.25, -0.2) is 4.79 Å². The van der Waals surface area contributed by atoms with Gasteiger partial charge >= 0.3 is 5.69 Å². The third-order valence-electron chi connectivity index (χ3n) is 4.82. The van der Waals surface area contributed by atoms with Crippen LogP contribution in [0.4, 0.5) is 5.69 Å². The lowest BCUT2D eigenvalue weighted by atomic mass is 10.2. The highest BCUT2D eigenvalue weighted by Gasteiger charge is 2.13.